The number of hydrogen-bond acceptors (Lipinski definition) is 4. The first-order valence-electron chi connectivity index (χ1n) is 10.2. The molecule has 0 unspecified atom stereocenters. The zero-order chi connectivity index (χ0) is 21.8. The molecular weight excluding hydrogens is 412 g/mol. The molecule has 0 saturated heterocycles. The van der Waals surface area contributed by atoms with Gasteiger partial charge in [0.1, 0.15) is 0 Å². The molecule has 0 bridgehead atoms. The minimum absolute atomic E-state index is 0.0122. The summed E-state index contributed by atoms with van der Waals surface area (Å²) in [5, 5.41) is 3.38. The van der Waals surface area contributed by atoms with Crippen LogP contribution in [0.5, 0.6) is 0 Å². The van der Waals surface area contributed by atoms with Crippen LogP contribution >= 0.6 is 11.6 Å². The normalized spacial score (nSPS) is 13.0. The monoisotopic (exact) mass is 434 g/mol. The van der Waals surface area contributed by atoms with Gasteiger partial charge in [0, 0.05) is 44.2 Å². The van der Waals surface area contributed by atoms with Crippen LogP contribution in [-0.2, 0) is 11.3 Å². The Morgan fingerprint density at radius 2 is 1.90 bits per heavy atom. The van der Waals surface area contributed by atoms with Crippen molar-refractivity contribution in [2.24, 2.45) is 5.92 Å². The van der Waals surface area contributed by atoms with E-state index < -0.39 is 0 Å². The lowest BCUT2D eigenvalue weighted by atomic mass is 10.1. The third-order valence-corrected chi connectivity index (χ3v) is 5.58. The number of amides is 2. The Morgan fingerprint density at radius 1 is 1.13 bits per heavy atom. The fourth-order valence-electron chi connectivity index (χ4n) is 3.32. The van der Waals surface area contributed by atoms with Crippen molar-refractivity contribution in [2.45, 2.75) is 26.3 Å². The minimum atomic E-state index is -0.193. The molecule has 1 saturated carbocycles. The Labute approximate surface area is 186 Å². The molecule has 0 aliphatic heterocycles. The fourth-order valence-corrected chi connectivity index (χ4v) is 3.61. The smallest absolute Gasteiger partial charge is 0.253 e. The number of nitrogens with zero attached hydrogens (tertiary/aromatic N) is 3. The third kappa shape index (κ3) is 5.27. The molecule has 2 heterocycles. The Hall–Kier alpha value is -3.25. The van der Waals surface area contributed by atoms with E-state index >= 15 is 0 Å². The van der Waals surface area contributed by atoms with Gasteiger partial charge in [0.15, 0.2) is 0 Å². The first-order chi connectivity index (χ1) is 15.0. The van der Waals surface area contributed by atoms with Gasteiger partial charge in [0.2, 0.25) is 5.91 Å². The Bertz CT molecular complexity index is 1080. The van der Waals surface area contributed by atoms with Crippen LogP contribution < -0.4 is 10.2 Å². The van der Waals surface area contributed by atoms with Crippen molar-refractivity contribution < 1.29 is 9.59 Å². The van der Waals surface area contributed by atoms with Gasteiger partial charge in [-0.1, -0.05) is 17.7 Å². The van der Waals surface area contributed by atoms with E-state index in [1.54, 1.807) is 42.5 Å². The summed E-state index contributed by atoms with van der Waals surface area (Å²) in [5.74, 6) is 0.363. The molecule has 2 amide bonds. The summed E-state index contributed by atoms with van der Waals surface area (Å²) in [6.45, 7) is 2.69. The molecule has 3 aromatic rings. The minimum Gasteiger partial charge on any atom is -0.348 e. The van der Waals surface area contributed by atoms with Crippen LogP contribution in [-0.4, -0.2) is 28.3 Å². The van der Waals surface area contributed by atoms with Crippen molar-refractivity contribution in [3.63, 3.8) is 0 Å². The highest BCUT2D eigenvalue weighted by molar-refractivity contribution is 6.34. The first kappa shape index (κ1) is 21.0. The number of hydrogen-bond donors (Lipinski definition) is 1. The quantitative estimate of drug-likeness (QED) is 0.594. The number of rotatable bonds is 7. The molecule has 1 N–H and O–H groups in total. The summed E-state index contributed by atoms with van der Waals surface area (Å²) < 4.78 is 0. The number of pyridine rings is 2. The molecule has 1 fully saturated rings. The number of carbonyl (C=O) groups excluding carboxylic acids is 2. The number of carbonyl (C=O) groups is 2. The van der Waals surface area contributed by atoms with Crippen molar-refractivity contribution >= 4 is 29.1 Å². The van der Waals surface area contributed by atoms with Gasteiger partial charge < -0.3 is 10.2 Å². The molecule has 1 aliphatic rings. The van der Waals surface area contributed by atoms with Gasteiger partial charge in [-0.25, -0.2) is 0 Å². The van der Waals surface area contributed by atoms with Crippen molar-refractivity contribution in [1.29, 1.82) is 0 Å². The molecule has 1 aromatic carbocycles. The molecule has 0 atom stereocenters. The molecular formula is C24H23ClN4O2. The average Bonchev–Trinajstić information content (AvgIpc) is 3.61. The molecule has 158 valence electrons. The predicted octanol–water partition coefficient (Wildman–Crippen LogP) is 4.49. The van der Waals surface area contributed by atoms with Crippen LogP contribution in [0.15, 0.2) is 61.1 Å². The molecule has 6 nitrogen and oxygen atoms in total. The van der Waals surface area contributed by atoms with Crippen molar-refractivity contribution in [1.82, 2.24) is 15.3 Å². The predicted molar refractivity (Wildman–Crippen MR) is 121 cm³/mol. The summed E-state index contributed by atoms with van der Waals surface area (Å²) in [6, 6.07) is 12.8. The van der Waals surface area contributed by atoms with Gasteiger partial charge in [-0.3, -0.25) is 19.6 Å². The second-order valence-corrected chi connectivity index (χ2v) is 8.12. The van der Waals surface area contributed by atoms with E-state index in [1.165, 1.54) is 0 Å². The average molecular weight is 435 g/mol. The summed E-state index contributed by atoms with van der Waals surface area (Å²) in [4.78, 5) is 34.6. The van der Waals surface area contributed by atoms with Crippen LogP contribution in [0.1, 0.15) is 35.7 Å². The maximum absolute atomic E-state index is 12.4. The second-order valence-electron chi connectivity index (χ2n) is 7.71. The van der Waals surface area contributed by atoms with Gasteiger partial charge in [-0.05, 0) is 60.7 Å². The SMILES string of the molecule is CC(=O)N(CC1CC1)c1ccc(-c2ccc(C(=O)NCc3ccncc3)cn2)cc1Cl. The van der Waals surface area contributed by atoms with Gasteiger partial charge in [-0.2, -0.15) is 0 Å². The van der Waals surface area contributed by atoms with Crippen molar-refractivity contribution in [2.75, 3.05) is 11.4 Å². The number of anilines is 1. The van der Waals surface area contributed by atoms with Crippen LogP contribution in [0.2, 0.25) is 5.02 Å². The van der Waals surface area contributed by atoms with Crippen LogP contribution in [0.3, 0.4) is 0 Å². The number of benzene rings is 1. The zero-order valence-electron chi connectivity index (χ0n) is 17.2. The highest BCUT2D eigenvalue weighted by Gasteiger charge is 2.27. The molecule has 4 rings (SSSR count). The van der Waals surface area contributed by atoms with Crippen LogP contribution in [0, 0.1) is 5.92 Å². The van der Waals surface area contributed by atoms with E-state index in [2.05, 4.69) is 15.3 Å². The van der Waals surface area contributed by atoms with E-state index in [4.69, 9.17) is 11.6 Å². The number of nitrogens with one attached hydrogen (secondary N) is 1. The first-order valence-corrected chi connectivity index (χ1v) is 10.6. The molecule has 2 aromatic heterocycles. The molecule has 0 radical (unpaired) electrons. The van der Waals surface area contributed by atoms with E-state index in [9.17, 15) is 9.59 Å². The largest absolute Gasteiger partial charge is 0.348 e. The number of halogens is 1. The lowest BCUT2D eigenvalue weighted by Gasteiger charge is -2.22. The maximum Gasteiger partial charge on any atom is 0.253 e. The standard InChI is InChI=1S/C24H23ClN4O2/c1-16(30)29(15-18-2-3-18)23-7-5-19(12-21(23)25)22-6-4-20(14-27-22)24(31)28-13-17-8-10-26-11-9-17/h4-12,14,18H,2-3,13,15H2,1H3,(H,28,31). The lowest BCUT2D eigenvalue weighted by molar-refractivity contribution is -0.116. The van der Waals surface area contributed by atoms with Crippen LogP contribution in [0.25, 0.3) is 11.3 Å². The van der Waals surface area contributed by atoms with E-state index in [0.717, 1.165) is 29.7 Å². The van der Waals surface area contributed by atoms with E-state index in [1.807, 2.05) is 30.3 Å². The van der Waals surface area contributed by atoms with Crippen molar-refractivity contribution in [3.8, 4) is 11.3 Å². The Kier molecular flexibility index (Phi) is 6.28. The summed E-state index contributed by atoms with van der Waals surface area (Å²) >= 11 is 6.51. The summed E-state index contributed by atoms with van der Waals surface area (Å²) in [6.07, 6.45) is 7.25. The third-order valence-electron chi connectivity index (χ3n) is 5.28. The van der Waals surface area contributed by atoms with Crippen molar-refractivity contribution in [3.05, 3.63) is 77.2 Å². The summed E-state index contributed by atoms with van der Waals surface area (Å²) in [5.41, 5.74) is 3.71. The molecule has 0 spiro atoms. The fraction of sp³-hybridized carbons (Fsp3) is 0.250. The lowest BCUT2D eigenvalue weighted by Crippen LogP contribution is -2.30. The second kappa shape index (κ2) is 9.27. The van der Waals surface area contributed by atoms with Gasteiger partial charge in [0.05, 0.1) is 22.0 Å². The summed E-state index contributed by atoms with van der Waals surface area (Å²) in [7, 11) is 0. The van der Waals surface area contributed by atoms with Gasteiger partial charge in [-0.15, -0.1) is 0 Å². The maximum atomic E-state index is 12.4. The van der Waals surface area contributed by atoms with Gasteiger partial charge >= 0.3 is 0 Å². The molecule has 31 heavy (non-hydrogen) atoms. The molecule has 1 aliphatic carbocycles. The zero-order valence-corrected chi connectivity index (χ0v) is 18.0. The Morgan fingerprint density at radius 3 is 2.52 bits per heavy atom. The molecule has 7 heteroatoms. The Balaban J connectivity index is 1.45. The van der Waals surface area contributed by atoms with Gasteiger partial charge in [0.25, 0.3) is 5.91 Å². The van der Waals surface area contributed by atoms with E-state index in [-0.39, 0.29) is 11.8 Å². The highest BCUT2D eigenvalue weighted by atomic mass is 35.5. The van der Waals surface area contributed by atoms with Crippen LogP contribution in [0.4, 0.5) is 5.69 Å². The van der Waals surface area contributed by atoms with E-state index in [0.29, 0.717) is 35.3 Å². The highest BCUT2D eigenvalue weighted by Crippen LogP contribution is 2.35. The number of aromatic nitrogens is 2. The topological polar surface area (TPSA) is 75.2 Å².